The maximum Gasteiger partial charge on any atom is 0.408 e. The van der Waals surface area contributed by atoms with Crippen LogP contribution in [0, 0.1) is 6.92 Å². The molecule has 10 heteroatoms. The average Bonchev–Trinajstić information content (AvgIpc) is 2.82. The molecule has 2 rings (SSSR count). The topological polar surface area (TPSA) is 151 Å². The zero-order valence-electron chi connectivity index (χ0n) is 21.7. The second kappa shape index (κ2) is 13.4. The summed E-state index contributed by atoms with van der Waals surface area (Å²) in [5.74, 6) is -2.09. The van der Waals surface area contributed by atoms with E-state index in [1.54, 1.807) is 45.0 Å². The van der Waals surface area contributed by atoms with Crippen LogP contribution in [-0.4, -0.2) is 58.6 Å². The van der Waals surface area contributed by atoms with Crippen molar-refractivity contribution in [3.05, 3.63) is 71.3 Å². The maximum absolute atomic E-state index is 13.7. The smallest absolute Gasteiger partial charge is 0.408 e. The van der Waals surface area contributed by atoms with Gasteiger partial charge in [-0.05, 0) is 38.8 Å². The molecule has 2 unspecified atom stereocenters. The van der Waals surface area contributed by atoms with E-state index in [1.165, 1.54) is 0 Å². The van der Waals surface area contributed by atoms with Crippen molar-refractivity contribution in [1.29, 1.82) is 0 Å². The molecule has 0 bridgehead atoms. The van der Waals surface area contributed by atoms with Gasteiger partial charge in [0.05, 0.1) is 13.0 Å². The van der Waals surface area contributed by atoms with Crippen LogP contribution in [0.1, 0.15) is 49.9 Å². The van der Waals surface area contributed by atoms with Crippen molar-refractivity contribution in [3.63, 3.8) is 0 Å². The van der Waals surface area contributed by atoms with Gasteiger partial charge in [0.2, 0.25) is 17.7 Å². The molecule has 0 heterocycles. The SMILES string of the molecule is Cc1ccc(C(C(=O)NCc2ccccc2)N(CCO)C(=O)C(CC(N)=O)NC(=O)OC(C)(C)C)cc1. The fraction of sp³-hybridized carbons (Fsp3) is 0.407. The van der Waals surface area contributed by atoms with Gasteiger partial charge in [-0.2, -0.15) is 0 Å². The summed E-state index contributed by atoms with van der Waals surface area (Å²) in [6.07, 6.45) is -1.44. The summed E-state index contributed by atoms with van der Waals surface area (Å²) in [7, 11) is 0. The molecule has 37 heavy (non-hydrogen) atoms. The van der Waals surface area contributed by atoms with Gasteiger partial charge in [-0.3, -0.25) is 14.4 Å². The maximum atomic E-state index is 13.7. The minimum absolute atomic E-state index is 0.212. The molecule has 0 aromatic heterocycles. The number of aliphatic hydroxyl groups is 1. The molecule has 0 aliphatic carbocycles. The third-order valence-corrected chi connectivity index (χ3v) is 5.28. The highest BCUT2D eigenvalue weighted by molar-refractivity contribution is 5.94. The van der Waals surface area contributed by atoms with E-state index in [4.69, 9.17) is 10.5 Å². The highest BCUT2D eigenvalue weighted by Crippen LogP contribution is 2.24. The number of aryl methyl sites for hydroxylation is 1. The number of amides is 4. The number of nitrogens with zero attached hydrogens (tertiary/aromatic N) is 1. The van der Waals surface area contributed by atoms with Crippen LogP contribution in [0.15, 0.2) is 54.6 Å². The number of carbonyl (C=O) groups is 4. The van der Waals surface area contributed by atoms with Crippen molar-refractivity contribution in [1.82, 2.24) is 15.5 Å². The number of aliphatic hydroxyl groups excluding tert-OH is 1. The van der Waals surface area contributed by atoms with E-state index >= 15 is 0 Å². The number of hydrogen-bond donors (Lipinski definition) is 4. The Labute approximate surface area is 217 Å². The molecule has 0 aliphatic rings. The van der Waals surface area contributed by atoms with E-state index in [0.717, 1.165) is 16.0 Å². The molecule has 2 atom stereocenters. The van der Waals surface area contributed by atoms with Crippen molar-refractivity contribution < 1.29 is 29.0 Å². The molecule has 0 fully saturated rings. The van der Waals surface area contributed by atoms with Crippen LogP contribution >= 0.6 is 0 Å². The molecule has 5 N–H and O–H groups in total. The summed E-state index contributed by atoms with van der Waals surface area (Å²) in [6.45, 7) is 6.36. The number of carbonyl (C=O) groups excluding carboxylic acids is 4. The normalized spacial score (nSPS) is 12.7. The lowest BCUT2D eigenvalue weighted by atomic mass is 10.0. The van der Waals surface area contributed by atoms with Gasteiger partial charge >= 0.3 is 6.09 Å². The van der Waals surface area contributed by atoms with Crippen LogP contribution in [0.2, 0.25) is 0 Å². The fourth-order valence-electron chi connectivity index (χ4n) is 3.63. The summed E-state index contributed by atoms with van der Waals surface area (Å²) < 4.78 is 5.23. The number of ether oxygens (including phenoxy) is 1. The van der Waals surface area contributed by atoms with Crippen LogP contribution in [0.3, 0.4) is 0 Å². The molecular weight excluding hydrogens is 476 g/mol. The fourth-order valence-corrected chi connectivity index (χ4v) is 3.63. The summed E-state index contributed by atoms with van der Waals surface area (Å²) in [6, 6.07) is 13.7. The van der Waals surface area contributed by atoms with Gasteiger partial charge in [0.25, 0.3) is 0 Å². The molecule has 2 aromatic carbocycles. The van der Waals surface area contributed by atoms with E-state index in [-0.39, 0.29) is 13.1 Å². The molecule has 0 saturated heterocycles. The number of alkyl carbamates (subject to hydrolysis) is 1. The van der Waals surface area contributed by atoms with Crippen LogP contribution in [0.5, 0.6) is 0 Å². The highest BCUT2D eigenvalue weighted by atomic mass is 16.6. The van der Waals surface area contributed by atoms with E-state index in [0.29, 0.717) is 5.56 Å². The first-order valence-corrected chi connectivity index (χ1v) is 12.0. The number of nitrogens with two attached hydrogens (primary N) is 1. The van der Waals surface area contributed by atoms with Gasteiger partial charge in [-0.15, -0.1) is 0 Å². The van der Waals surface area contributed by atoms with Gasteiger partial charge in [-0.25, -0.2) is 4.79 Å². The third-order valence-electron chi connectivity index (χ3n) is 5.28. The van der Waals surface area contributed by atoms with E-state index in [1.807, 2.05) is 37.3 Å². The van der Waals surface area contributed by atoms with Crippen molar-refractivity contribution >= 4 is 23.8 Å². The molecule has 0 spiro atoms. The summed E-state index contributed by atoms with van der Waals surface area (Å²) in [5, 5.41) is 15.0. The standard InChI is InChI=1S/C27H36N4O6/c1-18-10-12-20(13-11-18)23(24(34)29-17-19-8-6-5-7-9-19)31(14-15-32)25(35)21(16-22(28)33)30-26(36)37-27(2,3)4/h5-13,21,23,32H,14-17H2,1-4H3,(H2,28,33)(H,29,34)(H,30,36). The number of rotatable bonds is 11. The Morgan fingerprint density at radius 2 is 1.65 bits per heavy atom. The monoisotopic (exact) mass is 512 g/mol. The van der Waals surface area contributed by atoms with Gasteiger partial charge in [0.15, 0.2) is 0 Å². The second-order valence-electron chi connectivity index (χ2n) is 9.64. The van der Waals surface area contributed by atoms with Crippen molar-refractivity contribution in [2.24, 2.45) is 5.73 Å². The van der Waals surface area contributed by atoms with E-state index in [9.17, 15) is 24.3 Å². The molecule has 4 amide bonds. The molecule has 2 aromatic rings. The number of benzene rings is 2. The number of nitrogens with one attached hydrogen (secondary N) is 2. The summed E-state index contributed by atoms with van der Waals surface area (Å²) in [5.41, 5.74) is 6.80. The summed E-state index contributed by atoms with van der Waals surface area (Å²) >= 11 is 0. The van der Waals surface area contributed by atoms with Gasteiger partial charge in [0, 0.05) is 13.1 Å². The molecule has 0 radical (unpaired) electrons. The molecule has 200 valence electrons. The van der Waals surface area contributed by atoms with Crippen LogP contribution in [0.25, 0.3) is 0 Å². The summed E-state index contributed by atoms with van der Waals surface area (Å²) in [4.78, 5) is 52.5. The van der Waals surface area contributed by atoms with Crippen molar-refractivity contribution in [2.75, 3.05) is 13.2 Å². The lowest BCUT2D eigenvalue weighted by Gasteiger charge is -2.34. The van der Waals surface area contributed by atoms with Crippen LogP contribution in [-0.2, 0) is 25.7 Å². The zero-order chi connectivity index (χ0) is 27.6. The Balaban J connectivity index is 2.41. The lowest BCUT2D eigenvalue weighted by molar-refractivity contribution is -0.144. The molecule has 0 saturated carbocycles. The van der Waals surface area contributed by atoms with Crippen LogP contribution < -0.4 is 16.4 Å². The van der Waals surface area contributed by atoms with Gasteiger partial charge < -0.3 is 31.1 Å². The first-order valence-electron chi connectivity index (χ1n) is 12.0. The van der Waals surface area contributed by atoms with Crippen molar-refractivity contribution in [2.45, 2.75) is 58.3 Å². The quantitative estimate of drug-likeness (QED) is 0.361. The van der Waals surface area contributed by atoms with E-state index < -0.39 is 54.5 Å². The van der Waals surface area contributed by atoms with Gasteiger partial charge in [-0.1, -0.05) is 60.2 Å². The first kappa shape index (κ1) is 29.3. The molecule has 0 aliphatic heterocycles. The minimum Gasteiger partial charge on any atom is -0.444 e. The zero-order valence-corrected chi connectivity index (χ0v) is 21.7. The largest absolute Gasteiger partial charge is 0.444 e. The second-order valence-corrected chi connectivity index (χ2v) is 9.64. The highest BCUT2D eigenvalue weighted by Gasteiger charge is 2.36. The van der Waals surface area contributed by atoms with Gasteiger partial charge in [0.1, 0.15) is 17.7 Å². The first-order chi connectivity index (χ1) is 17.4. The minimum atomic E-state index is -1.41. The molecule has 10 nitrogen and oxygen atoms in total. The van der Waals surface area contributed by atoms with Crippen LogP contribution in [0.4, 0.5) is 4.79 Å². The van der Waals surface area contributed by atoms with Crippen molar-refractivity contribution in [3.8, 4) is 0 Å². The predicted molar refractivity (Wildman–Crippen MR) is 138 cm³/mol. The Kier molecular flexibility index (Phi) is 10.6. The predicted octanol–water partition coefficient (Wildman–Crippen LogP) is 1.94. The average molecular weight is 513 g/mol. The Bertz CT molecular complexity index is 1070. The Morgan fingerprint density at radius 3 is 2.19 bits per heavy atom. The number of primary amides is 1. The Hall–Kier alpha value is -3.92. The molecular formula is C27H36N4O6. The lowest BCUT2D eigenvalue weighted by Crippen LogP contribution is -2.54. The number of hydrogen-bond acceptors (Lipinski definition) is 6. The Morgan fingerprint density at radius 1 is 1.03 bits per heavy atom. The van der Waals surface area contributed by atoms with E-state index in [2.05, 4.69) is 10.6 Å². The third kappa shape index (κ3) is 9.57.